The Hall–Kier alpha value is -4.38. The number of nitrogens with zero attached hydrogens (tertiary/aromatic N) is 5. The van der Waals surface area contributed by atoms with Gasteiger partial charge in [0.1, 0.15) is 17.5 Å². The van der Waals surface area contributed by atoms with Gasteiger partial charge in [-0.1, -0.05) is 31.4 Å². The zero-order valence-electron chi connectivity index (χ0n) is 29.9. The number of likely N-dealkylation sites (tertiary alicyclic amines) is 1. The minimum absolute atomic E-state index is 0.0609. The van der Waals surface area contributed by atoms with Gasteiger partial charge in [0, 0.05) is 48.5 Å². The molecule has 2 aromatic heterocycles. The molecule has 8 rings (SSSR count). The summed E-state index contributed by atoms with van der Waals surface area (Å²) in [6.07, 6.45) is 9.13. The highest BCUT2D eigenvalue weighted by molar-refractivity contribution is 6.09. The summed E-state index contributed by atoms with van der Waals surface area (Å²) >= 11 is 0. The summed E-state index contributed by atoms with van der Waals surface area (Å²) in [6.45, 7) is 7.22. The molecule has 2 amide bonds. The van der Waals surface area contributed by atoms with Crippen molar-refractivity contribution in [3.63, 3.8) is 0 Å². The molecule has 2 saturated carbocycles. The normalized spacial score (nSPS) is 23.2. The van der Waals surface area contributed by atoms with Gasteiger partial charge in [-0.3, -0.25) is 14.5 Å². The van der Waals surface area contributed by atoms with Crippen molar-refractivity contribution in [3.8, 4) is 11.3 Å². The molecule has 4 heterocycles. The van der Waals surface area contributed by atoms with Crippen LogP contribution in [0.15, 0.2) is 42.7 Å². The molecule has 2 aromatic carbocycles. The molecule has 3 fully saturated rings. The number of alkyl halides is 1. The lowest BCUT2D eigenvalue weighted by atomic mass is 9.70. The van der Waals surface area contributed by atoms with Gasteiger partial charge in [-0.25, -0.2) is 18.7 Å². The van der Waals surface area contributed by atoms with Crippen molar-refractivity contribution in [3.05, 3.63) is 65.2 Å². The maximum absolute atomic E-state index is 15.5. The van der Waals surface area contributed by atoms with E-state index in [1.165, 1.54) is 12.1 Å². The van der Waals surface area contributed by atoms with E-state index in [0.29, 0.717) is 47.2 Å². The van der Waals surface area contributed by atoms with Crippen molar-refractivity contribution in [2.75, 3.05) is 30.4 Å². The summed E-state index contributed by atoms with van der Waals surface area (Å²) in [7, 11) is 1.55. The number of piperidine rings is 1. The number of aryl methyl sites for hydroxylation is 1. The van der Waals surface area contributed by atoms with E-state index in [2.05, 4.69) is 38.6 Å². The second-order valence-electron chi connectivity index (χ2n) is 15.4. The Morgan fingerprint density at radius 3 is 2.55 bits per heavy atom. The number of carbonyl (C=O) groups excluding carboxylic acids is 2. The van der Waals surface area contributed by atoms with E-state index < -0.39 is 17.4 Å². The van der Waals surface area contributed by atoms with Crippen molar-refractivity contribution >= 4 is 40.0 Å². The average Bonchev–Trinajstić information content (AvgIpc) is 3.63. The molecule has 0 radical (unpaired) electrons. The van der Waals surface area contributed by atoms with Crippen molar-refractivity contribution in [1.29, 1.82) is 0 Å². The molecule has 0 bridgehead atoms. The van der Waals surface area contributed by atoms with Gasteiger partial charge in [0.25, 0.3) is 5.91 Å². The van der Waals surface area contributed by atoms with Crippen molar-refractivity contribution in [2.45, 2.75) is 108 Å². The zero-order valence-corrected chi connectivity index (χ0v) is 29.9. The van der Waals surface area contributed by atoms with Gasteiger partial charge in [-0.05, 0) is 101 Å². The first-order valence-corrected chi connectivity index (χ1v) is 18.6. The van der Waals surface area contributed by atoms with Crippen LogP contribution < -0.4 is 15.5 Å². The van der Waals surface area contributed by atoms with Crippen molar-refractivity contribution < 1.29 is 18.4 Å². The van der Waals surface area contributed by atoms with Crippen LogP contribution in [0.25, 0.3) is 22.3 Å². The first-order chi connectivity index (χ1) is 24.6. The van der Waals surface area contributed by atoms with E-state index in [-0.39, 0.29) is 29.6 Å². The number of nitrogens with one attached hydrogen (secondary N) is 2. The van der Waals surface area contributed by atoms with E-state index in [1.54, 1.807) is 20.3 Å². The topological polar surface area (TPSA) is 95.4 Å². The second-order valence-corrected chi connectivity index (χ2v) is 15.4. The number of hydrogen-bond donors (Lipinski definition) is 2. The van der Waals surface area contributed by atoms with E-state index in [4.69, 9.17) is 9.97 Å². The highest BCUT2D eigenvalue weighted by Crippen LogP contribution is 2.53. The van der Waals surface area contributed by atoms with Crippen LogP contribution in [-0.4, -0.2) is 69.6 Å². The molecule has 2 N–H and O–H groups in total. The Labute approximate surface area is 297 Å². The molecule has 4 aliphatic rings. The highest BCUT2D eigenvalue weighted by atomic mass is 19.1. The first-order valence-electron chi connectivity index (χ1n) is 18.6. The van der Waals surface area contributed by atoms with Crippen LogP contribution in [0.2, 0.25) is 0 Å². The minimum atomic E-state index is -0.767. The number of rotatable bonds is 7. The third-order valence-electron chi connectivity index (χ3n) is 11.9. The third-order valence-corrected chi connectivity index (χ3v) is 11.9. The summed E-state index contributed by atoms with van der Waals surface area (Å²) in [4.78, 5) is 41.3. The van der Waals surface area contributed by atoms with Gasteiger partial charge in [0.2, 0.25) is 5.91 Å². The Morgan fingerprint density at radius 2 is 1.82 bits per heavy atom. The fourth-order valence-corrected chi connectivity index (χ4v) is 9.07. The monoisotopic (exact) mass is 695 g/mol. The van der Waals surface area contributed by atoms with E-state index in [0.717, 1.165) is 80.2 Å². The largest absolute Gasteiger partial charge is 0.355 e. The van der Waals surface area contributed by atoms with Gasteiger partial charge >= 0.3 is 0 Å². The Bertz CT molecular complexity index is 2010. The number of carbonyl (C=O) groups is 2. The van der Waals surface area contributed by atoms with Crippen LogP contribution in [0.3, 0.4) is 0 Å². The minimum Gasteiger partial charge on any atom is -0.355 e. The quantitative estimate of drug-likeness (QED) is 0.206. The van der Waals surface area contributed by atoms with Crippen LogP contribution in [-0.2, 0) is 10.2 Å². The Kier molecular flexibility index (Phi) is 8.60. The molecule has 51 heavy (non-hydrogen) atoms. The van der Waals surface area contributed by atoms with E-state index in [9.17, 15) is 14.0 Å². The van der Waals surface area contributed by atoms with Gasteiger partial charge < -0.3 is 20.1 Å². The lowest BCUT2D eigenvalue weighted by Gasteiger charge is -2.48. The van der Waals surface area contributed by atoms with Crippen LogP contribution in [0.5, 0.6) is 0 Å². The average molecular weight is 696 g/mol. The molecule has 11 heteroatoms. The summed E-state index contributed by atoms with van der Waals surface area (Å²) in [5.41, 5.74) is 5.50. The highest BCUT2D eigenvalue weighted by Gasteiger charge is 2.54. The van der Waals surface area contributed by atoms with Crippen LogP contribution >= 0.6 is 0 Å². The predicted octanol–water partition coefficient (Wildman–Crippen LogP) is 7.74. The van der Waals surface area contributed by atoms with Crippen LogP contribution in [0, 0.1) is 12.7 Å². The smallest absolute Gasteiger partial charge is 0.251 e. The number of aromatic nitrogens is 3. The predicted molar refractivity (Wildman–Crippen MR) is 196 cm³/mol. The number of fused-ring (bicyclic) bond motifs is 3. The molecule has 9 nitrogen and oxygen atoms in total. The summed E-state index contributed by atoms with van der Waals surface area (Å²) in [5, 5.41) is 5.85. The molecule has 1 spiro atoms. The fraction of sp³-hybridized carbons (Fsp3) is 0.500. The number of amides is 2. The molecule has 268 valence electrons. The summed E-state index contributed by atoms with van der Waals surface area (Å²) < 4.78 is 31.8. The molecule has 2 aliphatic heterocycles. The Balaban J connectivity index is 1.19. The van der Waals surface area contributed by atoms with Gasteiger partial charge in [0.15, 0.2) is 5.82 Å². The second kappa shape index (κ2) is 13.0. The number of anilines is 3. The first kappa shape index (κ1) is 33.7. The zero-order chi connectivity index (χ0) is 35.6. The number of benzene rings is 2. The van der Waals surface area contributed by atoms with Crippen LogP contribution in [0.1, 0.15) is 99.2 Å². The molecule has 4 aromatic rings. The third kappa shape index (κ3) is 5.68. The van der Waals surface area contributed by atoms with E-state index >= 15 is 4.39 Å². The van der Waals surface area contributed by atoms with Gasteiger partial charge in [-0.15, -0.1) is 0 Å². The molecular formula is C40H47F2N7O2. The summed E-state index contributed by atoms with van der Waals surface area (Å²) in [5.74, 6) is -0.164. The molecule has 0 unspecified atom stereocenters. The number of halogens is 2. The van der Waals surface area contributed by atoms with Crippen molar-refractivity contribution in [1.82, 2.24) is 24.8 Å². The summed E-state index contributed by atoms with van der Waals surface area (Å²) in [6, 6.07) is 11.5. The number of pyridine rings is 1. The standard InChI is InChI=1S/C40H47F2N7O2/c1-23(2)48-22-44-34-20-32(45-37(36(34)48)46-33-19-29(38(50)43-4)24(3)15-31(33)42)25-10-11-30-35(16-25)49(39(51)40(30)12-6-5-7-13-40)28-17-27(18-28)47-14-8-9-26(41)21-47/h10-11,15-16,19-20,22-23,26-28H,5-9,12-14,17-18,21H2,1-4H3,(H,43,50)(H,45,46)/t26-,27?,28?/m1/s1. The molecule has 1 atom stereocenters. The van der Waals surface area contributed by atoms with Crippen molar-refractivity contribution in [2.24, 2.45) is 0 Å². The van der Waals surface area contributed by atoms with E-state index in [1.807, 2.05) is 24.5 Å². The molecule has 1 saturated heterocycles. The lowest BCUT2D eigenvalue weighted by molar-refractivity contribution is -0.125. The van der Waals surface area contributed by atoms with Gasteiger partial charge in [0.05, 0.1) is 28.6 Å². The lowest BCUT2D eigenvalue weighted by Crippen LogP contribution is -2.58. The number of hydrogen-bond acceptors (Lipinski definition) is 6. The molecule has 2 aliphatic carbocycles. The number of imidazole rings is 1. The van der Waals surface area contributed by atoms with Crippen LogP contribution in [0.4, 0.5) is 26.0 Å². The Morgan fingerprint density at radius 1 is 1.04 bits per heavy atom. The maximum atomic E-state index is 15.5. The SMILES string of the molecule is CNC(=O)c1cc(Nc2nc(-c3ccc4c(c3)N(C3CC(N5CCC[C@@H](F)C5)C3)C(=O)C43CCCCC3)cc3ncn(C(C)C)c23)c(F)cc1C. The fourth-order valence-electron chi connectivity index (χ4n) is 9.07. The van der Waals surface area contributed by atoms with Gasteiger partial charge in [-0.2, -0.15) is 0 Å². The molecular weight excluding hydrogens is 648 g/mol. The maximum Gasteiger partial charge on any atom is 0.251 e.